The van der Waals surface area contributed by atoms with Gasteiger partial charge < -0.3 is 14.8 Å². The van der Waals surface area contributed by atoms with Gasteiger partial charge in [0.15, 0.2) is 11.5 Å². The van der Waals surface area contributed by atoms with Crippen LogP contribution >= 0.6 is 0 Å². The van der Waals surface area contributed by atoms with Crippen LogP contribution in [0, 0.1) is 0 Å². The molecule has 1 aliphatic heterocycles. The molecule has 0 saturated heterocycles. The predicted molar refractivity (Wildman–Crippen MR) is 103 cm³/mol. The van der Waals surface area contributed by atoms with E-state index in [2.05, 4.69) is 5.32 Å². The number of benzene rings is 2. The van der Waals surface area contributed by atoms with E-state index < -0.39 is 22.0 Å². The number of sulfonamides is 1. The molecule has 1 aliphatic rings. The number of fused-ring (bicyclic) bond motifs is 1. The number of hydrogen-bond donors (Lipinski definition) is 1. The van der Waals surface area contributed by atoms with E-state index in [-0.39, 0.29) is 12.6 Å². The lowest BCUT2D eigenvalue weighted by molar-refractivity contribution is -0.122. The molecule has 0 fully saturated rings. The Labute approximate surface area is 158 Å². The minimum atomic E-state index is -3.63. The Morgan fingerprint density at radius 1 is 1.15 bits per heavy atom. The number of carbonyl (C=O) groups is 1. The number of anilines is 1. The van der Waals surface area contributed by atoms with Crippen LogP contribution in [0.1, 0.15) is 6.92 Å². The quantitative estimate of drug-likeness (QED) is 0.813. The van der Waals surface area contributed by atoms with E-state index in [4.69, 9.17) is 9.47 Å². The summed E-state index contributed by atoms with van der Waals surface area (Å²) < 4.78 is 37.0. The summed E-state index contributed by atoms with van der Waals surface area (Å²) in [5.74, 6) is 0.880. The molecule has 1 amide bonds. The zero-order chi connectivity index (χ0) is 19.4. The minimum absolute atomic E-state index is 0.212. The van der Waals surface area contributed by atoms with Crippen molar-refractivity contribution in [2.75, 3.05) is 23.7 Å². The Morgan fingerprint density at radius 2 is 1.78 bits per heavy atom. The van der Waals surface area contributed by atoms with Gasteiger partial charge in [-0.05, 0) is 31.2 Å². The first-order valence-electron chi connectivity index (χ1n) is 8.57. The highest BCUT2D eigenvalue weighted by Crippen LogP contribution is 2.30. The number of rotatable bonds is 6. The number of para-hydroxylation sites is 3. The number of hydrogen-bond acceptors (Lipinski definition) is 5. The van der Waals surface area contributed by atoms with Crippen LogP contribution in [0.4, 0.5) is 5.69 Å². The van der Waals surface area contributed by atoms with E-state index in [1.807, 2.05) is 18.2 Å². The molecule has 0 saturated carbocycles. The van der Waals surface area contributed by atoms with E-state index in [1.165, 1.54) is 0 Å². The van der Waals surface area contributed by atoms with Crippen LogP contribution in [0.2, 0.25) is 0 Å². The van der Waals surface area contributed by atoms with E-state index in [0.717, 1.165) is 10.6 Å². The fraction of sp³-hybridized carbons (Fsp3) is 0.316. The molecular formula is C19H22N2O5S. The van der Waals surface area contributed by atoms with Crippen LogP contribution in [-0.4, -0.2) is 45.9 Å². The number of ether oxygens (including phenoxy) is 2. The normalized spacial score (nSPS) is 17.0. The molecule has 2 aromatic rings. The van der Waals surface area contributed by atoms with E-state index >= 15 is 0 Å². The Morgan fingerprint density at radius 3 is 2.44 bits per heavy atom. The number of nitrogens with zero attached hydrogens (tertiary/aromatic N) is 1. The molecule has 2 atom stereocenters. The lowest BCUT2D eigenvalue weighted by Crippen LogP contribution is -2.50. The maximum atomic E-state index is 12.6. The van der Waals surface area contributed by atoms with Gasteiger partial charge in [0, 0.05) is 0 Å². The predicted octanol–water partition coefficient (Wildman–Crippen LogP) is 1.80. The molecule has 2 aromatic carbocycles. The molecule has 7 nitrogen and oxygen atoms in total. The Hall–Kier alpha value is -2.74. The lowest BCUT2D eigenvalue weighted by atomic mass is 10.2. The molecule has 1 N–H and O–H groups in total. The summed E-state index contributed by atoms with van der Waals surface area (Å²) in [7, 11) is -3.63. The van der Waals surface area contributed by atoms with Crippen molar-refractivity contribution in [3.05, 3.63) is 54.6 Å². The molecule has 0 bridgehead atoms. The largest absolute Gasteiger partial charge is 0.486 e. The third-order valence-electron chi connectivity index (χ3n) is 4.17. The van der Waals surface area contributed by atoms with Crippen LogP contribution in [-0.2, 0) is 14.8 Å². The lowest BCUT2D eigenvalue weighted by Gasteiger charge is -2.30. The average Bonchev–Trinajstić information content (AvgIpc) is 2.65. The monoisotopic (exact) mass is 390 g/mol. The second-order valence-corrected chi connectivity index (χ2v) is 8.17. The van der Waals surface area contributed by atoms with Gasteiger partial charge in [0.1, 0.15) is 18.8 Å². The molecule has 144 valence electrons. The van der Waals surface area contributed by atoms with Gasteiger partial charge in [0.2, 0.25) is 15.9 Å². The Bertz CT molecular complexity index is 901. The summed E-state index contributed by atoms with van der Waals surface area (Å²) in [6.07, 6.45) is 0.734. The summed E-state index contributed by atoms with van der Waals surface area (Å²) in [6.45, 7) is 2.07. The summed E-state index contributed by atoms with van der Waals surface area (Å²) in [4.78, 5) is 12.6. The summed E-state index contributed by atoms with van der Waals surface area (Å²) in [5, 5.41) is 2.76. The van der Waals surface area contributed by atoms with Crippen molar-refractivity contribution >= 4 is 21.6 Å². The molecule has 0 spiro atoms. The smallest absolute Gasteiger partial charge is 0.243 e. The Balaban J connectivity index is 1.65. The minimum Gasteiger partial charge on any atom is -0.486 e. The number of carbonyl (C=O) groups excluding carboxylic acids is 1. The number of amides is 1. The highest BCUT2D eigenvalue weighted by Gasteiger charge is 2.30. The zero-order valence-corrected chi connectivity index (χ0v) is 16.0. The van der Waals surface area contributed by atoms with Crippen LogP contribution < -0.4 is 19.1 Å². The van der Waals surface area contributed by atoms with E-state index in [0.29, 0.717) is 23.8 Å². The molecular weight excluding hydrogens is 368 g/mol. The van der Waals surface area contributed by atoms with Gasteiger partial charge in [-0.25, -0.2) is 8.42 Å². The summed E-state index contributed by atoms with van der Waals surface area (Å²) >= 11 is 0. The standard InChI is InChI=1S/C19H22N2O5S/c1-14(21(27(2,23)24)15-8-4-3-5-9-15)19(22)20-12-16-13-25-17-10-6-7-11-18(17)26-16/h3-11,14,16H,12-13H2,1-2H3,(H,20,22)/t14-,16+/m1/s1. The average molecular weight is 390 g/mol. The SMILES string of the molecule is C[C@H](C(=O)NC[C@H]1COc2ccccc2O1)N(c1ccccc1)S(C)(=O)=O. The zero-order valence-electron chi connectivity index (χ0n) is 15.2. The van der Waals surface area contributed by atoms with Gasteiger partial charge in [-0.1, -0.05) is 30.3 Å². The second-order valence-electron chi connectivity index (χ2n) is 6.31. The van der Waals surface area contributed by atoms with Crippen LogP contribution in [0.15, 0.2) is 54.6 Å². The highest BCUT2D eigenvalue weighted by atomic mass is 32.2. The van der Waals surface area contributed by atoms with Crippen molar-refractivity contribution < 1.29 is 22.7 Å². The van der Waals surface area contributed by atoms with Crippen LogP contribution in [0.3, 0.4) is 0 Å². The van der Waals surface area contributed by atoms with Gasteiger partial charge in [-0.15, -0.1) is 0 Å². The van der Waals surface area contributed by atoms with Crippen molar-refractivity contribution in [2.45, 2.75) is 19.1 Å². The van der Waals surface area contributed by atoms with Gasteiger partial charge >= 0.3 is 0 Å². The van der Waals surface area contributed by atoms with E-state index in [9.17, 15) is 13.2 Å². The third kappa shape index (κ3) is 4.51. The van der Waals surface area contributed by atoms with Gasteiger partial charge in [0.25, 0.3) is 0 Å². The van der Waals surface area contributed by atoms with Crippen molar-refractivity contribution in [3.8, 4) is 11.5 Å². The summed E-state index contributed by atoms with van der Waals surface area (Å²) in [5.41, 5.74) is 0.439. The van der Waals surface area contributed by atoms with Gasteiger partial charge in [-0.2, -0.15) is 0 Å². The molecule has 0 aliphatic carbocycles. The number of nitrogens with one attached hydrogen (secondary N) is 1. The Kier molecular flexibility index (Phi) is 5.55. The third-order valence-corrected chi connectivity index (χ3v) is 5.41. The van der Waals surface area contributed by atoms with E-state index in [1.54, 1.807) is 43.3 Å². The topological polar surface area (TPSA) is 84.9 Å². The first kappa shape index (κ1) is 19.0. The molecule has 1 heterocycles. The molecule has 0 unspecified atom stereocenters. The molecule has 8 heteroatoms. The van der Waals surface area contributed by atoms with Crippen LogP contribution in [0.5, 0.6) is 11.5 Å². The first-order valence-corrected chi connectivity index (χ1v) is 10.4. The maximum absolute atomic E-state index is 12.6. The van der Waals surface area contributed by atoms with Crippen molar-refractivity contribution in [1.82, 2.24) is 5.32 Å². The second kappa shape index (κ2) is 7.87. The molecule has 0 aromatic heterocycles. The highest BCUT2D eigenvalue weighted by molar-refractivity contribution is 7.92. The van der Waals surface area contributed by atoms with Crippen molar-refractivity contribution in [3.63, 3.8) is 0 Å². The van der Waals surface area contributed by atoms with Gasteiger partial charge in [0.05, 0.1) is 18.5 Å². The van der Waals surface area contributed by atoms with Crippen LogP contribution in [0.25, 0.3) is 0 Å². The van der Waals surface area contributed by atoms with Crippen molar-refractivity contribution in [2.24, 2.45) is 0 Å². The summed E-state index contributed by atoms with van der Waals surface area (Å²) in [6, 6.07) is 14.9. The maximum Gasteiger partial charge on any atom is 0.243 e. The van der Waals surface area contributed by atoms with Crippen molar-refractivity contribution in [1.29, 1.82) is 0 Å². The fourth-order valence-electron chi connectivity index (χ4n) is 2.91. The first-order chi connectivity index (χ1) is 12.9. The fourth-order valence-corrected chi connectivity index (χ4v) is 4.08. The molecule has 0 radical (unpaired) electrons. The molecule has 27 heavy (non-hydrogen) atoms. The molecule has 3 rings (SSSR count). The van der Waals surface area contributed by atoms with Gasteiger partial charge in [-0.3, -0.25) is 9.10 Å².